The van der Waals surface area contributed by atoms with Crippen LogP contribution < -0.4 is 27.3 Å². The summed E-state index contributed by atoms with van der Waals surface area (Å²) in [7, 11) is -4.09. The van der Waals surface area contributed by atoms with Crippen LogP contribution in [0.25, 0.3) is 0 Å². The fourth-order valence-electron chi connectivity index (χ4n) is 4.02. The molecule has 1 heterocycles. The zero-order chi connectivity index (χ0) is 24.4. The molecule has 0 aromatic heterocycles. The Kier molecular flexibility index (Phi) is 7.05. The second kappa shape index (κ2) is 9.45. The standard InChI is InChI=1S/C20H28N7O5S/c1-12(26-33(31,32)15-6-4-13(5-7-15)18(21)29)17(28)20(22)9-16(20)19(30)25-14-3-2-8-27(10-14)11-24-23/h4-7,11-12,14,16,22,26H,2-3,8-10,23H2,1H3,(H2,21,29)(H,25,30)/t12-,14?,16+,20?/m0/s1. The molecule has 4 atom stereocenters. The molecule has 1 aliphatic heterocycles. The molecule has 0 spiro atoms. The number of sulfonamides is 1. The van der Waals surface area contributed by atoms with Crippen LogP contribution in [0.3, 0.4) is 0 Å². The highest BCUT2D eigenvalue weighted by Crippen LogP contribution is 2.44. The number of primary amides is 1. The highest BCUT2D eigenvalue weighted by atomic mass is 32.2. The summed E-state index contributed by atoms with van der Waals surface area (Å²) in [6, 6.07) is 3.57. The highest BCUT2D eigenvalue weighted by molar-refractivity contribution is 7.89. The van der Waals surface area contributed by atoms with Crippen molar-refractivity contribution in [1.29, 1.82) is 0 Å². The Bertz CT molecular complexity index is 1060. The maximum absolute atomic E-state index is 12.8. The number of benzene rings is 1. The number of ketones is 1. The van der Waals surface area contributed by atoms with Gasteiger partial charge in [0.25, 0.3) is 0 Å². The highest BCUT2D eigenvalue weighted by Gasteiger charge is 2.62. The fraction of sp³-hybridized carbons (Fsp3) is 0.500. The zero-order valence-corrected chi connectivity index (χ0v) is 19.0. The Morgan fingerprint density at radius 2 is 1.97 bits per heavy atom. The summed E-state index contributed by atoms with van der Waals surface area (Å²) in [6.07, 6.45) is 3.13. The monoisotopic (exact) mass is 478 g/mol. The van der Waals surface area contributed by atoms with Crippen LogP contribution in [-0.2, 0) is 19.6 Å². The SMILES string of the molecule is C[C@H](NS(=O)(=O)c1ccc(C(N)=O)cc1)C(=O)C1([NH])C[C@@H]1C(=O)NC1CCCN(C=NN)C1. The van der Waals surface area contributed by atoms with E-state index in [1.54, 1.807) is 0 Å². The molecule has 0 bridgehead atoms. The van der Waals surface area contributed by atoms with E-state index in [0.717, 1.165) is 19.4 Å². The van der Waals surface area contributed by atoms with Crippen molar-refractivity contribution in [2.24, 2.45) is 22.6 Å². The van der Waals surface area contributed by atoms with Gasteiger partial charge in [-0.05, 0) is 50.5 Å². The van der Waals surface area contributed by atoms with Gasteiger partial charge in [-0.3, -0.25) is 14.4 Å². The number of likely N-dealkylation sites (tertiary alicyclic amines) is 1. The van der Waals surface area contributed by atoms with Gasteiger partial charge in [-0.2, -0.15) is 5.10 Å². The summed E-state index contributed by atoms with van der Waals surface area (Å²) < 4.78 is 27.4. The van der Waals surface area contributed by atoms with E-state index in [1.165, 1.54) is 37.5 Å². The fourth-order valence-corrected chi connectivity index (χ4v) is 5.22. The number of nitrogens with two attached hydrogens (primary N) is 2. The predicted octanol–water partition coefficient (Wildman–Crippen LogP) is -1.45. The maximum Gasteiger partial charge on any atom is 0.248 e. The summed E-state index contributed by atoms with van der Waals surface area (Å²) in [5.41, 5.74) is 12.0. The van der Waals surface area contributed by atoms with Gasteiger partial charge in [-0.25, -0.2) is 18.9 Å². The van der Waals surface area contributed by atoms with Crippen LogP contribution in [0.15, 0.2) is 34.3 Å². The smallest absolute Gasteiger partial charge is 0.248 e. The molecular formula is C20H28N7O5S. The third-order valence-electron chi connectivity index (χ3n) is 5.92. The summed E-state index contributed by atoms with van der Waals surface area (Å²) in [6.45, 7) is 2.65. The summed E-state index contributed by atoms with van der Waals surface area (Å²) in [5, 5.41) is 6.36. The van der Waals surface area contributed by atoms with Crippen LogP contribution in [0.4, 0.5) is 0 Å². The van der Waals surface area contributed by atoms with Gasteiger partial charge in [0.05, 0.1) is 16.9 Å². The second-order valence-corrected chi connectivity index (χ2v) is 10.1. The van der Waals surface area contributed by atoms with Crippen molar-refractivity contribution in [3.05, 3.63) is 29.8 Å². The second-order valence-electron chi connectivity index (χ2n) is 8.43. The lowest BCUT2D eigenvalue weighted by molar-refractivity contribution is -0.128. The van der Waals surface area contributed by atoms with Crippen molar-refractivity contribution in [2.45, 2.75) is 48.7 Å². The molecular weight excluding hydrogens is 450 g/mol. The first kappa shape index (κ1) is 24.6. The number of amides is 2. The third kappa shape index (κ3) is 5.49. The number of hydrogen-bond acceptors (Lipinski definition) is 7. The Morgan fingerprint density at radius 3 is 2.58 bits per heavy atom. The number of nitrogens with zero attached hydrogens (tertiary/aromatic N) is 2. The van der Waals surface area contributed by atoms with Gasteiger partial charge in [0.15, 0.2) is 5.78 Å². The number of hydrazone groups is 1. The van der Waals surface area contributed by atoms with Crippen molar-refractivity contribution in [3.8, 4) is 0 Å². The number of carbonyl (C=O) groups excluding carboxylic acids is 3. The van der Waals surface area contributed by atoms with Crippen molar-refractivity contribution in [1.82, 2.24) is 20.7 Å². The first-order valence-corrected chi connectivity index (χ1v) is 12.0. The summed E-state index contributed by atoms with van der Waals surface area (Å²) in [4.78, 5) is 38.3. The number of piperidine rings is 1. The average Bonchev–Trinajstić information content (AvgIpc) is 3.46. The number of nitrogens with one attached hydrogen (secondary N) is 3. The zero-order valence-electron chi connectivity index (χ0n) is 18.2. The molecule has 2 fully saturated rings. The molecule has 1 radical (unpaired) electrons. The minimum Gasteiger partial charge on any atom is -0.366 e. The lowest BCUT2D eigenvalue weighted by Crippen LogP contribution is -2.50. The first-order valence-electron chi connectivity index (χ1n) is 10.5. The lowest BCUT2D eigenvalue weighted by Gasteiger charge is -2.31. The molecule has 2 aliphatic rings. The van der Waals surface area contributed by atoms with E-state index >= 15 is 0 Å². The number of Topliss-reactive ketones (excluding diaryl/α,β-unsaturated/α-hetero) is 1. The van der Waals surface area contributed by atoms with Crippen LogP contribution in [-0.4, -0.2) is 68.0 Å². The topological polar surface area (TPSA) is 201 Å². The summed E-state index contributed by atoms with van der Waals surface area (Å²) >= 11 is 0. The molecule has 2 unspecified atom stereocenters. The van der Waals surface area contributed by atoms with E-state index in [0.29, 0.717) is 6.54 Å². The van der Waals surface area contributed by atoms with Crippen molar-refractivity contribution >= 4 is 34.0 Å². The minimum atomic E-state index is -4.09. The minimum absolute atomic E-state index is 0.0255. The molecule has 1 aromatic rings. The van der Waals surface area contributed by atoms with Gasteiger partial charge in [-0.15, -0.1) is 0 Å². The Hall–Kier alpha value is -3.03. The van der Waals surface area contributed by atoms with E-state index in [4.69, 9.17) is 17.3 Å². The normalized spacial score (nSPS) is 26.1. The molecule has 2 amide bonds. The molecule has 1 aromatic carbocycles. The average molecular weight is 479 g/mol. The van der Waals surface area contributed by atoms with Gasteiger partial charge in [-0.1, -0.05) is 0 Å². The third-order valence-corrected chi connectivity index (χ3v) is 7.48. The maximum atomic E-state index is 12.8. The Morgan fingerprint density at radius 1 is 1.30 bits per heavy atom. The molecule has 33 heavy (non-hydrogen) atoms. The first-order chi connectivity index (χ1) is 15.5. The molecule has 1 saturated carbocycles. The van der Waals surface area contributed by atoms with Crippen LogP contribution in [0.2, 0.25) is 0 Å². The molecule has 7 N–H and O–H groups in total. The van der Waals surface area contributed by atoms with Crippen LogP contribution in [0.1, 0.15) is 36.5 Å². The Balaban J connectivity index is 1.59. The quantitative estimate of drug-likeness (QED) is 0.144. The van der Waals surface area contributed by atoms with Gasteiger partial charge < -0.3 is 21.8 Å². The van der Waals surface area contributed by atoms with Crippen LogP contribution in [0.5, 0.6) is 0 Å². The van der Waals surface area contributed by atoms with Gasteiger partial charge in [0.1, 0.15) is 11.9 Å². The van der Waals surface area contributed by atoms with Crippen molar-refractivity contribution in [2.75, 3.05) is 13.1 Å². The van der Waals surface area contributed by atoms with E-state index < -0.39 is 45.1 Å². The van der Waals surface area contributed by atoms with Crippen LogP contribution >= 0.6 is 0 Å². The number of hydrogen-bond donors (Lipinski definition) is 4. The van der Waals surface area contributed by atoms with E-state index in [-0.39, 0.29) is 22.9 Å². The molecule has 1 saturated heterocycles. The largest absolute Gasteiger partial charge is 0.366 e. The van der Waals surface area contributed by atoms with Gasteiger partial charge in [0, 0.05) is 24.7 Å². The molecule has 12 nitrogen and oxygen atoms in total. The molecule has 179 valence electrons. The van der Waals surface area contributed by atoms with E-state index in [9.17, 15) is 22.8 Å². The van der Waals surface area contributed by atoms with Crippen LogP contribution in [0, 0.1) is 5.92 Å². The Labute approximate surface area is 192 Å². The molecule has 13 heteroatoms. The van der Waals surface area contributed by atoms with E-state index in [2.05, 4.69) is 15.1 Å². The van der Waals surface area contributed by atoms with E-state index in [1.807, 2.05) is 4.90 Å². The molecule has 1 aliphatic carbocycles. The number of carbonyl (C=O) groups is 3. The van der Waals surface area contributed by atoms with Gasteiger partial charge in [0.2, 0.25) is 21.8 Å². The number of rotatable bonds is 9. The van der Waals surface area contributed by atoms with Crippen molar-refractivity contribution < 1.29 is 22.8 Å². The lowest BCUT2D eigenvalue weighted by atomic mass is 10.0. The predicted molar refractivity (Wildman–Crippen MR) is 119 cm³/mol. The van der Waals surface area contributed by atoms with Gasteiger partial charge >= 0.3 is 0 Å². The van der Waals surface area contributed by atoms with Crippen molar-refractivity contribution in [3.63, 3.8) is 0 Å². The summed E-state index contributed by atoms with van der Waals surface area (Å²) in [5.74, 6) is 2.56. The molecule has 3 rings (SSSR count).